The second-order valence-electron chi connectivity index (χ2n) is 4.83. The Labute approximate surface area is 114 Å². The van der Waals surface area contributed by atoms with E-state index in [1.54, 1.807) is 13.0 Å². The van der Waals surface area contributed by atoms with E-state index < -0.39 is 4.92 Å². The molecule has 1 unspecified atom stereocenters. The summed E-state index contributed by atoms with van der Waals surface area (Å²) in [5, 5.41) is 14.1. The summed E-state index contributed by atoms with van der Waals surface area (Å²) < 4.78 is 0. The van der Waals surface area contributed by atoms with E-state index >= 15 is 0 Å². The minimum atomic E-state index is -0.396. The number of aryl methyl sites for hydroxylation is 1. The Bertz CT molecular complexity index is 421. The molecule has 0 fully saturated rings. The highest BCUT2D eigenvalue weighted by molar-refractivity contribution is 5.45. The van der Waals surface area contributed by atoms with E-state index in [2.05, 4.69) is 24.1 Å². The minimum Gasteiger partial charge on any atom is -0.367 e. The van der Waals surface area contributed by atoms with Gasteiger partial charge in [-0.3, -0.25) is 10.1 Å². The van der Waals surface area contributed by atoms with Crippen LogP contribution < -0.4 is 5.32 Å². The van der Waals surface area contributed by atoms with Crippen LogP contribution in [0.2, 0.25) is 0 Å². The number of nitrogens with zero attached hydrogens (tertiary/aromatic N) is 2. The molecule has 1 aromatic rings. The zero-order valence-electron chi connectivity index (χ0n) is 12.0. The summed E-state index contributed by atoms with van der Waals surface area (Å²) in [7, 11) is 0. The van der Waals surface area contributed by atoms with Crippen molar-refractivity contribution in [3.05, 3.63) is 27.9 Å². The lowest BCUT2D eigenvalue weighted by atomic mass is 10.1. The lowest BCUT2D eigenvalue weighted by Gasteiger charge is -2.18. The molecule has 5 nitrogen and oxygen atoms in total. The number of rotatable bonds is 8. The summed E-state index contributed by atoms with van der Waals surface area (Å²) in [5.41, 5.74) is 0.534. The second kappa shape index (κ2) is 7.71. The number of anilines is 1. The van der Waals surface area contributed by atoms with Gasteiger partial charge in [0.2, 0.25) is 0 Å². The van der Waals surface area contributed by atoms with E-state index in [1.165, 1.54) is 18.9 Å². The zero-order valence-corrected chi connectivity index (χ0v) is 12.0. The van der Waals surface area contributed by atoms with Gasteiger partial charge in [-0.15, -0.1) is 0 Å². The van der Waals surface area contributed by atoms with Crippen molar-refractivity contribution in [2.75, 3.05) is 5.32 Å². The largest absolute Gasteiger partial charge is 0.367 e. The van der Waals surface area contributed by atoms with Crippen LogP contribution >= 0.6 is 0 Å². The van der Waals surface area contributed by atoms with E-state index in [0.717, 1.165) is 25.1 Å². The van der Waals surface area contributed by atoms with Crippen molar-refractivity contribution >= 4 is 11.5 Å². The minimum absolute atomic E-state index is 0.0751. The Morgan fingerprint density at radius 3 is 2.58 bits per heavy atom. The number of hydrogen-bond acceptors (Lipinski definition) is 4. The van der Waals surface area contributed by atoms with Crippen LogP contribution in [0.15, 0.2) is 12.1 Å². The molecule has 0 saturated carbocycles. The summed E-state index contributed by atoms with van der Waals surface area (Å²) in [4.78, 5) is 14.6. The van der Waals surface area contributed by atoms with Crippen molar-refractivity contribution in [1.82, 2.24) is 4.98 Å². The maximum Gasteiger partial charge on any atom is 0.290 e. The molecular weight excluding hydrogens is 242 g/mol. The molecule has 1 aromatic heterocycles. The van der Waals surface area contributed by atoms with Crippen molar-refractivity contribution in [2.24, 2.45) is 0 Å². The third kappa shape index (κ3) is 4.85. The Kier molecular flexibility index (Phi) is 6.25. The van der Waals surface area contributed by atoms with Gasteiger partial charge in [-0.2, -0.15) is 0 Å². The molecule has 0 aliphatic rings. The molecule has 0 radical (unpaired) electrons. The van der Waals surface area contributed by atoms with Gasteiger partial charge in [0.15, 0.2) is 0 Å². The van der Waals surface area contributed by atoms with Gasteiger partial charge in [0, 0.05) is 12.1 Å². The Morgan fingerprint density at radius 1 is 1.32 bits per heavy atom. The fraction of sp³-hybridized carbons (Fsp3) is 0.643. The first-order valence-corrected chi connectivity index (χ1v) is 6.97. The summed E-state index contributed by atoms with van der Waals surface area (Å²) in [6.07, 6.45) is 5.69. The molecule has 5 heteroatoms. The molecule has 1 N–H and O–H groups in total. The summed E-state index contributed by atoms with van der Waals surface area (Å²) in [5.74, 6) is 0.734. The van der Waals surface area contributed by atoms with E-state index in [1.807, 2.05) is 0 Å². The SMILES string of the molecule is CCCCC(CCC)Nc1ccc([N+](=O)[O-])c(C)n1. The van der Waals surface area contributed by atoms with E-state index in [-0.39, 0.29) is 5.69 Å². The van der Waals surface area contributed by atoms with Crippen LogP contribution in [0, 0.1) is 17.0 Å². The number of hydrogen-bond donors (Lipinski definition) is 1. The quantitative estimate of drug-likeness (QED) is 0.568. The first-order valence-electron chi connectivity index (χ1n) is 6.97. The highest BCUT2D eigenvalue weighted by Gasteiger charge is 2.13. The molecule has 0 aromatic carbocycles. The van der Waals surface area contributed by atoms with Gasteiger partial charge in [-0.1, -0.05) is 33.1 Å². The second-order valence-corrected chi connectivity index (χ2v) is 4.83. The van der Waals surface area contributed by atoms with Crippen LogP contribution in [0.4, 0.5) is 11.5 Å². The van der Waals surface area contributed by atoms with Gasteiger partial charge in [0.25, 0.3) is 5.69 Å². The average Bonchev–Trinajstić information content (AvgIpc) is 2.36. The maximum atomic E-state index is 10.7. The van der Waals surface area contributed by atoms with Crippen molar-refractivity contribution in [1.29, 1.82) is 0 Å². The monoisotopic (exact) mass is 265 g/mol. The molecule has 0 aliphatic carbocycles. The van der Waals surface area contributed by atoms with Crippen LogP contribution in [-0.4, -0.2) is 15.9 Å². The third-order valence-electron chi connectivity index (χ3n) is 3.15. The number of aromatic nitrogens is 1. The van der Waals surface area contributed by atoms with E-state index in [9.17, 15) is 10.1 Å². The van der Waals surface area contributed by atoms with Crippen molar-refractivity contribution in [3.63, 3.8) is 0 Å². The van der Waals surface area contributed by atoms with Gasteiger partial charge in [-0.25, -0.2) is 4.98 Å². The Hall–Kier alpha value is -1.65. The van der Waals surface area contributed by atoms with Crippen LogP contribution in [-0.2, 0) is 0 Å². The molecule has 0 aliphatic heterocycles. The van der Waals surface area contributed by atoms with Gasteiger partial charge < -0.3 is 5.32 Å². The van der Waals surface area contributed by atoms with Crippen LogP contribution in [0.3, 0.4) is 0 Å². The van der Waals surface area contributed by atoms with Gasteiger partial charge >= 0.3 is 0 Å². The normalized spacial score (nSPS) is 12.2. The smallest absolute Gasteiger partial charge is 0.290 e. The predicted octanol–water partition coefficient (Wildman–Crippen LogP) is 4.07. The van der Waals surface area contributed by atoms with E-state index in [0.29, 0.717) is 11.7 Å². The molecule has 1 heterocycles. The number of pyridine rings is 1. The van der Waals surface area contributed by atoms with Gasteiger partial charge in [0.1, 0.15) is 11.5 Å². The molecule has 0 spiro atoms. The lowest BCUT2D eigenvalue weighted by Crippen LogP contribution is -2.20. The van der Waals surface area contributed by atoms with Gasteiger partial charge in [-0.05, 0) is 25.8 Å². The fourth-order valence-corrected chi connectivity index (χ4v) is 2.12. The molecule has 19 heavy (non-hydrogen) atoms. The summed E-state index contributed by atoms with van der Waals surface area (Å²) in [6, 6.07) is 3.62. The third-order valence-corrected chi connectivity index (χ3v) is 3.15. The topological polar surface area (TPSA) is 68.1 Å². The number of nitro groups is 1. The molecular formula is C14H23N3O2. The first kappa shape index (κ1) is 15.4. The predicted molar refractivity (Wildman–Crippen MR) is 77.5 cm³/mol. The Balaban J connectivity index is 2.73. The summed E-state index contributed by atoms with van der Waals surface area (Å²) in [6.45, 7) is 6.01. The van der Waals surface area contributed by atoms with Crippen LogP contribution in [0.25, 0.3) is 0 Å². The Morgan fingerprint density at radius 2 is 2.05 bits per heavy atom. The standard InChI is InChI=1S/C14H23N3O2/c1-4-6-8-12(7-5-2)16-14-10-9-13(17(18)19)11(3)15-14/h9-10,12H,4-8H2,1-3H3,(H,15,16). The van der Waals surface area contributed by atoms with Crippen LogP contribution in [0.5, 0.6) is 0 Å². The van der Waals surface area contributed by atoms with E-state index in [4.69, 9.17) is 0 Å². The van der Waals surface area contributed by atoms with Gasteiger partial charge in [0.05, 0.1) is 4.92 Å². The molecule has 1 rings (SSSR count). The summed E-state index contributed by atoms with van der Waals surface area (Å²) >= 11 is 0. The molecule has 106 valence electrons. The molecule has 0 amide bonds. The maximum absolute atomic E-state index is 10.7. The van der Waals surface area contributed by atoms with Crippen LogP contribution in [0.1, 0.15) is 51.6 Å². The number of nitrogens with one attached hydrogen (secondary N) is 1. The molecule has 0 bridgehead atoms. The van der Waals surface area contributed by atoms with Crippen molar-refractivity contribution < 1.29 is 4.92 Å². The highest BCUT2D eigenvalue weighted by Crippen LogP contribution is 2.20. The molecule has 1 atom stereocenters. The highest BCUT2D eigenvalue weighted by atomic mass is 16.6. The average molecular weight is 265 g/mol. The van der Waals surface area contributed by atoms with Crippen molar-refractivity contribution in [2.45, 2.75) is 58.9 Å². The van der Waals surface area contributed by atoms with Crippen molar-refractivity contribution in [3.8, 4) is 0 Å². The lowest BCUT2D eigenvalue weighted by molar-refractivity contribution is -0.385. The zero-order chi connectivity index (χ0) is 14.3. The molecule has 0 saturated heterocycles. The first-order chi connectivity index (χ1) is 9.08. The fourth-order valence-electron chi connectivity index (χ4n) is 2.12. The number of unbranched alkanes of at least 4 members (excludes halogenated alkanes) is 1.